The third-order valence-corrected chi connectivity index (χ3v) is 7.44. The van der Waals surface area contributed by atoms with Gasteiger partial charge >= 0.3 is 0 Å². The first kappa shape index (κ1) is 25.9. The third-order valence-electron chi connectivity index (χ3n) is 5.76. The molecule has 1 unspecified atom stereocenters. The van der Waals surface area contributed by atoms with E-state index in [1.54, 1.807) is 29.2 Å². The molecule has 1 aliphatic rings. The molecule has 0 spiro atoms. The summed E-state index contributed by atoms with van der Waals surface area (Å²) in [6.45, 7) is 0.0975. The zero-order valence-corrected chi connectivity index (χ0v) is 21.2. The monoisotopic (exact) mass is 551 g/mol. The Labute approximate surface area is 217 Å². The van der Waals surface area contributed by atoms with Gasteiger partial charge < -0.3 is 10.6 Å². The number of nitrogens with two attached hydrogens (primary N) is 1. The number of nitrogens with zero attached hydrogens (tertiary/aromatic N) is 2. The van der Waals surface area contributed by atoms with Gasteiger partial charge in [0.25, 0.3) is 0 Å². The van der Waals surface area contributed by atoms with E-state index in [1.165, 1.54) is 0 Å². The van der Waals surface area contributed by atoms with Crippen LogP contribution in [0.1, 0.15) is 17.2 Å². The summed E-state index contributed by atoms with van der Waals surface area (Å²) in [5.74, 6) is -2.67. The third kappa shape index (κ3) is 5.48. The number of carbonyl (C=O) groups is 1. The lowest BCUT2D eigenvalue weighted by Gasteiger charge is -2.52. The first-order chi connectivity index (χ1) is 16.9. The number of amides is 1. The molecule has 188 valence electrons. The molecule has 3 aromatic rings. The molecule has 1 fully saturated rings. The van der Waals surface area contributed by atoms with Crippen molar-refractivity contribution in [3.05, 3.63) is 111 Å². The molecule has 0 bridgehead atoms. The molecule has 6 nitrogen and oxygen atoms in total. The van der Waals surface area contributed by atoms with Gasteiger partial charge in [0, 0.05) is 34.4 Å². The van der Waals surface area contributed by atoms with E-state index in [0.29, 0.717) is 16.1 Å². The molecule has 2 N–H and O–H groups in total. The lowest BCUT2D eigenvalue weighted by atomic mass is 9.90. The molecule has 0 aromatic heterocycles. The quantitative estimate of drug-likeness (QED) is 0.424. The molecule has 4 rings (SSSR count). The van der Waals surface area contributed by atoms with Crippen LogP contribution in [0.4, 0.5) is 14.5 Å². The molecule has 3 aromatic carbocycles. The lowest BCUT2D eigenvalue weighted by molar-refractivity contribution is -0.113. The van der Waals surface area contributed by atoms with Gasteiger partial charge in [0.05, 0.1) is 18.0 Å². The summed E-state index contributed by atoms with van der Waals surface area (Å²) in [7, 11) is -4.02. The van der Waals surface area contributed by atoms with Gasteiger partial charge in [0.1, 0.15) is 17.7 Å². The highest BCUT2D eigenvalue weighted by Gasteiger charge is 2.45. The minimum Gasteiger partial charge on any atom is -0.366 e. The van der Waals surface area contributed by atoms with Crippen molar-refractivity contribution >= 4 is 44.8 Å². The Morgan fingerprint density at radius 2 is 1.47 bits per heavy atom. The molecular weight excluding hydrogens is 531 g/mol. The Morgan fingerprint density at radius 3 is 1.89 bits per heavy atom. The van der Waals surface area contributed by atoms with Crippen molar-refractivity contribution in [1.29, 1.82) is 0 Å². The fourth-order valence-corrected chi connectivity index (χ4v) is 5.73. The number of likely N-dealkylation sites (tertiary alicyclic amines) is 1. The second-order valence-electron chi connectivity index (χ2n) is 8.33. The van der Waals surface area contributed by atoms with Gasteiger partial charge in [0.15, 0.2) is 0 Å². The predicted molar refractivity (Wildman–Crippen MR) is 136 cm³/mol. The molecule has 1 amide bonds. The minimum atomic E-state index is -4.02. The number of hydrogen-bond acceptors (Lipinski definition) is 4. The van der Waals surface area contributed by atoms with Crippen LogP contribution in [0.25, 0.3) is 0 Å². The highest BCUT2D eigenvalue weighted by Crippen LogP contribution is 2.42. The SMILES string of the molecule is CS(=O)(=O)N(c1cc(F)cc(F)c1)C1CN(C(c2ccc(Cl)cc2)c2ccc(Cl)cc2)/C1=C\C(N)=O. The van der Waals surface area contributed by atoms with Crippen LogP contribution in [0.5, 0.6) is 0 Å². The van der Waals surface area contributed by atoms with Crippen LogP contribution >= 0.6 is 23.2 Å². The van der Waals surface area contributed by atoms with Gasteiger partial charge in [-0.3, -0.25) is 9.10 Å². The smallest absolute Gasteiger partial charge is 0.243 e. The summed E-state index contributed by atoms with van der Waals surface area (Å²) < 4.78 is 54.5. The maximum absolute atomic E-state index is 14.0. The van der Waals surface area contributed by atoms with Gasteiger partial charge in [0.2, 0.25) is 15.9 Å². The van der Waals surface area contributed by atoms with Gasteiger partial charge in [-0.1, -0.05) is 47.5 Å². The van der Waals surface area contributed by atoms with E-state index < -0.39 is 39.6 Å². The molecule has 0 radical (unpaired) electrons. The number of sulfonamides is 1. The van der Waals surface area contributed by atoms with Crippen LogP contribution in [0, 0.1) is 11.6 Å². The number of rotatable bonds is 7. The summed E-state index contributed by atoms with van der Waals surface area (Å²) in [6.07, 6.45) is 2.05. The molecule has 36 heavy (non-hydrogen) atoms. The van der Waals surface area contributed by atoms with Crippen molar-refractivity contribution in [2.75, 3.05) is 17.1 Å². The molecule has 0 saturated carbocycles. The topological polar surface area (TPSA) is 83.7 Å². The Balaban J connectivity index is 1.82. The van der Waals surface area contributed by atoms with E-state index in [4.69, 9.17) is 28.9 Å². The van der Waals surface area contributed by atoms with Crippen LogP contribution in [0.15, 0.2) is 78.5 Å². The second-order valence-corrected chi connectivity index (χ2v) is 11.1. The summed E-state index contributed by atoms with van der Waals surface area (Å²) in [4.78, 5) is 13.8. The van der Waals surface area contributed by atoms with E-state index >= 15 is 0 Å². The first-order valence-corrected chi connectivity index (χ1v) is 13.3. The summed E-state index contributed by atoms with van der Waals surface area (Å²) in [5.41, 5.74) is 7.15. The fraction of sp³-hybridized carbons (Fsp3) is 0.160. The highest BCUT2D eigenvalue weighted by molar-refractivity contribution is 7.92. The zero-order valence-electron chi connectivity index (χ0n) is 18.9. The standard InChI is InChI=1S/C25H21Cl2F2N3O3S/c1-36(34,35)32(21-11-19(28)10-20(29)12-21)23-14-31(22(23)13-24(30)33)25(15-2-6-17(26)7-3-15)16-4-8-18(27)9-5-16/h2-13,23,25H,14H2,1H3,(H2,30,33)/b22-13-. The van der Waals surface area contributed by atoms with Crippen molar-refractivity contribution in [2.45, 2.75) is 12.1 Å². The number of carbonyl (C=O) groups excluding carboxylic acids is 1. The maximum atomic E-state index is 14.0. The largest absolute Gasteiger partial charge is 0.366 e. The van der Waals surface area contributed by atoms with Crippen molar-refractivity contribution in [3.63, 3.8) is 0 Å². The van der Waals surface area contributed by atoms with Crippen LogP contribution in [-0.4, -0.2) is 38.1 Å². The van der Waals surface area contributed by atoms with Crippen molar-refractivity contribution in [3.8, 4) is 0 Å². The Morgan fingerprint density at radius 1 is 1.00 bits per heavy atom. The average Bonchev–Trinajstić information content (AvgIpc) is 2.77. The normalized spacial score (nSPS) is 16.8. The number of halogens is 4. The first-order valence-electron chi connectivity index (χ1n) is 10.7. The van der Waals surface area contributed by atoms with Crippen molar-refractivity contribution in [1.82, 2.24) is 4.90 Å². The molecule has 1 heterocycles. The highest BCUT2D eigenvalue weighted by atomic mass is 35.5. The summed E-state index contributed by atoms with van der Waals surface area (Å²) in [5, 5.41) is 1.05. The van der Waals surface area contributed by atoms with E-state index in [2.05, 4.69) is 0 Å². The van der Waals surface area contributed by atoms with E-state index in [0.717, 1.165) is 39.9 Å². The molecule has 0 aliphatic carbocycles. The lowest BCUT2D eigenvalue weighted by Crippen LogP contribution is -2.60. The van der Waals surface area contributed by atoms with Crippen LogP contribution in [-0.2, 0) is 14.8 Å². The molecular formula is C25H21Cl2F2N3O3S. The Hall–Kier alpha value is -3.14. The maximum Gasteiger partial charge on any atom is 0.243 e. The second kappa shape index (κ2) is 10.1. The van der Waals surface area contributed by atoms with Gasteiger partial charge in [-0.25, -0.2) is 17.2 Å². The summed E-state index contributed by atoms with van der Waals surface area (Å²) in [6, 6.07) is 15.2. The average molecular weight is 552 g/mol. The van der Waals surface area contributed by atoms with E-state index in [-0.39, 0.29) is 17.9 Å². The van der Waals surface area contributed by atoms with Gasteiger partial charge in [-0.2, -0.15) is 0 Å². The van der Waals surface area contributed by atoms with Gasteiger partial charge in [-0.05, 0) is 47.5 Å². The van der Waals surface area contributed by atoms with Crippen LogP contribution in [0.2, 0.25) is 10.0 Å². The fourth-order valence-electron chi connectivity index (χ4n) is 4.35. The van der Waals surface area contributed by atoms with Crippen molar-refractivity contribution in [2.24, 2.45) is 5.73 Å². The van der Waals surface area contributed by atoms with Crippen LogP contribution < -0.4 is 10.0 Å². The zero-order chi connectivity index (χ0) is 26.2. The van der Waals surface area contributed by atoms with Crippen molar-refractivity contribution < 1.29 is 22.0 Å². The predicted octanol–water partition coefficient (Wildman–Crippen LogP) is 4.88. The molecule has 1 aliphatic heterocycles. The minimum absolute atomic E-state index is 0.0975. The van der Waals surface area contributed by atoms with E-state index in [1.807, 2.05) is 24.3 Å². The Bertz CT molecular complexity index is 1370. The van der Waals surface area contributed by atoms with Gasteiger partial charge in [-0.15, -0.1) is 0 Å². The molecule has 1 atom stereocenters. The summed E-state index contributed by atoms with van der Waals surface area (Å²) >= 11 is 12.2. The van der Waals surface area contributed by atoms with E-state index in [9.17, 15) is 22.0 Å². The molecule has 1 saturated heterocycles. The molecule has 11 heteroatoms. The van der Waals surface area contributed by atoms with Crippen LogP contribution in [0.3, 0.4) is 0 Å². The number of hydrogen-bond donors (Lipinski definition) is 1. The number of primary amides is 1. The number of anilines is 1. The number of benzene rings is 3. The Kier molecular flexibility index (Phi) is 7.26.